The van der Waals surface area contributed by atoms with E-state index in [1.54, 1.807) is 18.2 Å². The Morgan fingerprint density at radius 2 is 1.33 bits per heavy atom. The number of methoxy groups -OCH3 is 2. The molecule has 0 radical (unpaired) electrons. The van der Waals surface area contributed by atoms with Gasteiger partial charge in [0, 0.05) is 5.69 Å². The summed E-state index contributed by atoms with van der Waals surface area (Å²) in [6.07, 6.45) is 0. The SMILES string of the molecule is COc1ccc(C)cc1NS(=O)(=O)c1ccc(NS(=O)(=O)c2ccc(OC)c(Cl)c2Cl)cc1. The van der Waals surface area contributed by atoms with Crippen LogP contribution in [0, 0.1) is 6.92 Å². The number of sulfonamides is 2. The van der Waals surface area contributed by atoms with Crippen molar-refractivity contribution in [1.82, 2.24) is 0 Å². The number of halogens is 2. The predicted octanol–water partition coefficient (Wildman–Crippen LogP) is 4.92. The zero-order valence-corrected chi connectivity index (χ0v) is 20.9. The molecule has 0 spiro atoms. The first-order valence-corrected chi connectivity index (χ1v) is 13.0. The summed E-state index contributed by atoms with van der Waals surface area (Å²) in [6, 6.07) is 12.9. The zero-order valence-electron chi connectivity index (χ0n) is 17.7. The van der Waals surface area contributed by atoms with E-state index in [-0.39, 0.29) is 37.0 Å². The molecule has 12 heteroatoms. The van der Waals surface area contributed by atoms with Crippen LogP contribution in [0.4, 0.5) is 11.4 Å². The minimum absolute atomic E-state index is 0.0406. The van der Waals surface area contributed by atoms with Gasteiger partial charge < -0.3 is 9.47 Å². The van der Waals surface area contributed by atoms with Crippen molar-refractivity contribution in [2.24, 2.45) is 0 Å². The molecule has 0 aromatic heterocycles. The standard InChI is InChI=1S/C21H20Cl2N2O6S2/c1-13-4-9-17(30-2)16(12-13)25-32(26,27)15-7-5-14(6-8-15)24-33(28,29)19-11-10-18(31-3)20(22)21(19)23/h4-12,24-25H,1-3H3. The lowest BCUT2D eigenvalue weighted by Gasteiger charge is -2.14. The summed E-state index contributed by atoms with van der Waals surface area (Å²) in [7, 11) is -5.25. The molecule has 0 aliphatic heterocycles. The van der Waals surface area contributed by atoms with Crippen LogP contribution >= 0.6 is 23.2 Å². The topological polar surface area (TPSA) is 111 Å². The molecule has 0 amide bonds. The third-order valence-electron chi connectivity index (χ3n) is 4.54. The second kappa shape index (κ2) is 9.68. The highest BCUT2D eigenvalue weighted by molar-refractivity contribution is 7.93. The molecule has 33 heavy (non-hydrogen) atoms. The monoisotopic (exact) mass is 530 g/mol. The molecule has 0 heterocycles. The fourth-order valence-corrected chi connectivity index (χ4v) is 5.86. The van der Waals surface area contributed by atoms with Crippen molar-refractivity contribution in [3.05, 3.63) is 70.2 Å². The van der Waals surface area contributed by atoms with Crippen LogP contribution in [0.3, 0.4) is 0 Å². The Morgan fingerprint density at radius 3 is 1.94 bits per heavy atom. The fourth-order valence-electron chi connectivity index (χ4n) is 2.90. The molecule has 0 unspecified atom stereocenters. The highest BCUT2D eigenvalue weighted by atomic mass is 35.5. The van der Waals surface area contributed by atoms with Crippen molar-refractivity contribution in [1.29, 1.82) is 0 Å². The Labute approximate surface area is 202 Å². The molecule has 8 nitrogen and oxygen atoms in total. The van der Waals surface area contributed by atoms with Crippen molar-refractivity contribution >= 4 is 54.6 Å². The molecule has 0 bridgehead atoms. The highest BCUT2D eigenvalue weighted by Gasteiger charge is 2.23. The maximum absolute atomic E-state index is 12.8. The molecule has 0 aliphatic rings. The summed E-state index contributed by atoms with van der Waals surface area (Å²) < 4.78 is 66.1. The molecule has 3 aromatic rings. The molecular weight excluding hydrogens is 511 g/mol. The summed E-state index contributed by atoms with van der Waals surface area (Å²) in [5.74, 6) is 0.594. The molecule has 0 atom stereocenters. The van der Waals surface area contributed by atoms with Gasteiger partial charge in [-0.05, 0) is 61.0 Å². The van der Waals surface area contributed by atoms with Crippen LogP contribution in [-0.4, -0.2) is 31.1 Å². The van der Waals surface area contributed by atoms with Gasteiger partial charge in [-0.25, -0.2) is 16.8 Å². The quantitative estimate of drug-likeness (QED) is 0.427. The summed E-state index contributed by atoms with van der Waals surface area (Å²) >= 11 is 12.1. The van der Waals surface area contributed by atoms with Crippen LogP contribution < -0.4 is 18.9 Å². The van der Waals surface area contributed by atoms with Crippen molar-refractivity contribution in [3.63, 3.8) is 0 Å². The summed E-state index contributed by atoms with van der Waals surface area (Å²) in [5, 5.41) is -0.236. The number of ether oxygens (including phenoxy) is 2. The van der Waals surface area contributed by atoms with Gasteiger partial charge in [-0.3, -0.25) is 9.44 Å². The number of rotatable bonds is 8. The lowest BCUT2D eigenvalue weighted by molar-refractivity contribution is 0.414. The van der Waals surface area contributed by atoms with Crippen molar-refractivity contribution in [2.75, 3.05) is 23.7 Å². The van der Waals surface area contributed by atoms with Gasteiger partial charge in [-0.15, -0.1) is 0 Å². The van der Waals surface area contributed by atoms with E-state index in [2.05, 4.69) is 9.44 Å². The Morgan fingerprint density at radius 1 is 0.727 bits per heavy atom. The number of hydrogen-bond acceptors (Lipinski definition) is 6. The van der Waals surface area contributed by atoms with Gasteiger partial charge in [0.2, 0.25) is 0 Å². The lowest BCUT2D eigenvalue weighted by Crippen LogP contribution is -2.15. The van der Waals surface area contributed by atoms with Crippen LogP contribution in [0.15, 0.2) is 64.4 Å². The van der Waals surface area contributed by atoms with Gasteiger partial charge in [0.15, 0.2) is 0 Å². The summed E-state index contributed by atoms with van der Waals surface area (Å²) in [4.78, 5) is -0.320. The van der Waals surface area contributed by atoms with E-state index in [1.165, 1.54) is 50.6 Å². The van der Waals surface area contributed by atoms with Crippen molar-refractivity contribution < 1.29 is 26.3 Å². The van der Waals surface area contributed by atoms with Crippen molar-refractivity contribution in [3.8, 4) is 11.5 Å². The maximum Gasteiger partial charge on any atom is 0.263 e. The number of hydrogen-bond donors (Lipinski definition) is 2. The first kappa shape index (κ1) is 25.0. The molecule has 2 N–H and O–H groups in total. The fraction of sp³-hybridized carbons (Fsp3) is 0.143. The molecule has 0 saturated carbocycles. The van der Waals surface area contributed by atoms with Crippen LogP contribution in [0.2, 0.25) is 10.0 Å². The number of aryl methyl sites for hydroxylation is 1. The first-order chi connectivity index (χ1) is 15.5. The van der Waals surface area contributed by atoms with E-state index in [9.17, 15) is 16.8 Å². The van der Waals surface area contributed by atoms with E-state index >= 15 is 0 Å². The molecule has 0 aliphatic carbocycles. The van der Waals surface area contributed by atoms with Gasteiger partial charge in [-0.1, -0.05) is 29.3 Å². The van der Waals surface area contributed by atoms with Crippen LogP contribution in [0.1, 0.15) is 5.56 Å². The van der Waals surface area contributed by atoms with Gasteiger partial charge in [0.25, 0.3) is 20.0 Å². The van der Waals surface area contributed by atoms with Crippen LogP contribution in [0.5, 0.6) is 11.5 Å². The van der Waals surface area contributed by atoms with E-state index in [4.69, 9.17) is 32.7 Å². The van der Waals surface area contributed by atoms with Crippen molar-refractivity contribution in [2.45, 2.75) is 16.7 Å². The number of nitrogens with one attached hydrogen (secondary N) is 2. The van der Waals surface area contributed by atoms with Gasteiger partial charge in [0.1, 0.15) is 21.4 Å². The average molecular weight is 531 g/mol. The minimum atomic E-state index is -4.11. The second-order valence-corrected chi connectivity index (χ2v) is 10.9. The molecule has 3 rings (SSSR count). The first-order valence-electron chi connectivity index (χ1n) is 9.31. The van der Waals surface area contributed by atoms with Crippen LogP contribution in [-0.2, 0) is 20.0 Å². The van der Waals surface area contributed by atoms with Gasteiger partial charge in [0.05, 0.1) is 29.8 Å². The molecule has 3 aromatic carbocycles. The molecule has 0 saturated heterocycles. The third kappa shape index (κ3) is 5.47. The van der Waals surface area contributed by atoms with E-state index < -0.39 is 20.0 Å². The minimum Gasteiger partial charge on any atom is -0.495 e. The predicted molar refractivity (Wildman–Crippen MR) is 129 cm³/mol. The van der Waals surface area contributed by atoms with Crippen LogP contribution in [0.25, 0.3) is 0 Å². The van der Waals surface area contributed by atoms with Gasteiger partial charge >= 0.3 is 0 Å². The Bertz CT molecular complexity index is 1390. The maximum atomic E-state index is 12.8. The zero-order chi connectivity index (χ0) is 24.4. The molecule has 0 fully saturated rings. The summed E-state index contributed by atoms with van der Waals surface area (Å²) in [5.41, 5.74) is 1.26. The normalized spacial score (nSPS) is 11.7. The average Bonchev–Trinajstić information content (AvgIpc) is 2.75. The van der Waals surface area contributed by atoms with E-state index in [1.807, 2.05) is 6.92 Å². The largest absolute Gasteiger partial charge is 0.495 e. The number of benzene rings is 3. The third-order valence-corrected chi connectivity index (χ3v) is 8.32. The summed E-state index contributed by atoms with van der Waals surface area (Å²) in [6.45, 7) is 1.82. The Kier molecular flexibility index (Phi) is 7.32. The Hall–Kier alpha value is -2.66. The molecular formula is C21H20Cl2N2O6S2. The Balaban J connectivity index is 1.84. The number of anilines is 2. The second-order valence-electron chi connectivity index (χ2n) is 6.83. The lowest BCUT2D eigenvalue weighted by atomic mass is 10.2. The molecule has 176 valence electrons. The smallest absolute Gasteiger partial charge is 0.263 e. The van der Waals surface area contributed by atoms with E-state index in [0.717, 1.165) is 5.56 Å². The highest BCUT2D eigenvalue weighted by Crippen LogP contribution is 2.37. The van der Waals surface area contributed by atoms with Gasteiger partial charge in [-0.2, -0.15) is 0 Å². The van der Waals surface area contributed by atoms with E-state index in [0.29, 0.717) is 5.75 Å².